The second-order valence-electron chi connectivity index (χ2n) is 4.18. The lowest BCUT2D eigenvalue weighted by molar-refractivity contribution is -0.140. The maximum atomic E-state index is 13.6. The molecule has 3 nitrogen and oxygen atoms in total. The van der Waals surface area contributed by atoms with E-state index >= 15 is 0 Å². The smallest absolute Gasteiger partial charge is 0.333 e. The van der Waals surface area contributed by atoms with Crippen molar-refractivity contribution in [2.75, 3.05) is 0 Å². The number of alkyl halides is 3. The van der Waals surface area contributed by atoms with Crippen molar-refractivity contribution in [3.05, 3.63) is 41.2 Å². The van der Waals surface area contributed by atoms with Crippen LogP contribution in [0.3, 0.4) is 0 Å². The van der Waals surface area contributed by atoms with E-state index in [-0.39, 0.29) is 23.5 Å². The van der Waals surface area contributed by atoms with E-state index in [1.54, 1.807) is 0 Å². The maximum Gasteiger partial charge on any atom is 0.434 e. The van der Waals surface area contributed by atoms with Crippen LogP contribution < -0.4 is 5.73 Å². The topological polar surface area (TPSA) is 43.8 Å². The molecule has 2 aromatic rings. The van der Waals surface area contributed by atoms with Crippen LogP contribution in [0.25, 0.3) is 11.4 Å². The van der Waals surface area contributed by atoms with E-state index in [0.717, 1.165) is 22.9 Å². The number of halogens is 5. The zero-order valence-corrected chi connectivity index (χ0v) is 10.3. The number of nitrogens with two attached hydrogens (primary N) is 1. The molecular formula is C12H10F5N3. The van der Waals surface area contributed by atoms with Crippen molar-refractivity contribution in [3.63, 3.8) is 0 Å². The molecule has 0 radical (unpaired) electrons. The van der Waals surface area contributed by atoms with Crippen molar-refractivity contribution in [2.45, 2.75) is 12.7 Å². The Morgan fingerprint density at radius 1 is 1.20 bits per heavy atom. The number of rotatable bonds is 2. The third-order valence-electron chi connectivity index (χ3n) is 2.77. The van der Waals surface area contributed by atoms with Crippen molar-refractivity contribution in [1.82, 2.24) is 9.55 Å². The zero-order valence-electron chi connectivity index (χ0n) is 10.3. The third-order valence-corrected chi connectivity index (χ3v) is 2.77. The summed E-state index contributed by atoms with van der Waals surface area (Å²) < 4.78 is 65.8. The Bertz CT molecular complexity index is 622. The Morgan fingerprint density at radius 3 is 2.15 bits per heavy atom. The minimum Gasteiger partial charge on any atom is -0.333 e. The van der Waals surface area contributed by atoms with Crippen LogP contribution in [-0.2, 0) is 19.8 Å². The van der Waals surface area contributed by atoms with Crippen molar-refractivity contribution in [2.24, 2.45) is 12.8 Å². The van der Waals surface area contributed by atoms with Crippen LogP contribution in [0.2, 0.25) is 0 Å². The predicted molar refractivity (Wildman–Crippen MR) is 61.5 cm³/mol. The van der Waals surface area contributed by atoms with Gasteiger partial charge in [0.05, 0.1) is 0 Å². The molecule has 0 saturated heterocycles. The summed E-state index contributed by atoms with van der Waals surface area (Å²) in [5, 5.41) is 0. The molecule has 0 unspecified atom stereocenters. The summed E-state index contributed by atoms with van der Waals surface area (Å²) in [6, 6.07) is 1.82. The largest absolute Gasteiger partial charge is 0.434 e. The molecule has 0 fully saturated rings. The highest BCUT2D eigenvalue weighted by molar-refractivity contribution is 5.57. The van der Waals surface area contributed by atoms with E-state index < -0.39 is 23.5 Å². The number of hydrogen-bond acceptors (Lipinski definition) is 2. The molecule has 0 amide bonds. The van der Waals surface area contributed by atoms with Crippen LogP contribution in [-0.4, -0.2) is 9.55 Å². The minimum atomic E-state index is -4.62. The Balaban J connectivity index is 2.55. The summed E-state index contributed by atoms with van der Waals surface area (Å²) in [6.07, 6.45) is -3.87. The van der Waals surface area contributed by atoms with Gasteiger partial charge >= 0.3 is 6.18 Å². The molecular weight excluding hydrogens is 281 g/mol. The van der Waals surface area contributed by atoms with Gasteiger partial charge < -0.3 is 10.3 Å². The number of hydrogen-bond donors (Lipinski definition) is 1. The molecule has 0 aliphatic heterocycles. The number of aryl methyl sites for hydroxylation is 1. The fraction of sp³-hybridized carbons (Fsp3) is 0.250. The number of nitrogens with zero attached hydrogens (tertiary/aromatic N) is 2. The number of aromatic nitrogens is 2. The molecule has 0 atom stereocenters. The molecule has 1 aromatic carbocycles. The Hall–Kier alpha value is -1.96. The van der Waals surface area contributed by atoms with E-state index in [4.69, 9.17) is 5.73 Å². The van der Waals surface area contributed by atoms with Crippen LogP contribution in [0.1, 0.15) is 11.3 Å². The monoisotopic (exact) mass is 291 g/mol. The highest BCUT2D eigenvalue weighted by Crippen LogP contribution is 2.31. The Kier molecular flexibility index (Phi) is 3.51. The van der Waals surface area contributed by atoms with E-state index in [9.17, 15) is 22.0 Å². The molecule has 2 rings (SSSR count). The lowest BCUT2D eigenvalue weighted by Crippen LogP contribution is -2.05. The summed E-state index contributed by atoms with van der Waals surface area (Å²) in [5.41, 5.74) is 3.65. The summed E-state index contributed by atoms with van der Waals surface area (Å²) >= 11 is 0. The molecule has 1 heterocycles. The standard InChI is InChI=1S/C12H10F5N3/c1-20-5-10(12(15,16)17)19-11(20)6-2-8(13)7(4-18)9(14)3-6/h2-3,5H,4,18H2,1H3. The van der Waals surface area contributed by atoms with Crippen molar-refractivity contribution < 1.29 is 22.0 Å². The SMILES string of the molecule is Cn1cc(C(F)(F)F)nc1-c1cc(F)c(CN)c(F)c1. The fourth-order valence-corrected chi connectivity index (χ4v) is 1.80. The highest BCUT2D eigenvalue weighted by Gasteiger charge is 2.34. The number of imidazole rings is 1. The summed E-state index contributed by atoms with van der Waals surface area (Å²) in [5.74, 6) is -2.02. The van der Waals surface area contributed by atoms with E-state index in [1.807, 2.05) is 0 Å². The van der Waals surface area contributed by atoms with Crippen molar-refractivity contribution in [1.29, 1.82) is 0 Å². The second kappa shape index (κ2) is 4.86. The van der Waals surface area contributed by atoms with Crippen LogP contribution in [0, 0.1) is 11.6 Å². The van der Waals surface area contributed by atoms with Gasteiger partial charge in [-0.1, -0.05) is 0 Å². The quantitative estimate of drug-likeness (QED) is 0.865. The van der Waals surface area contributed by atoms with E-state index in [1.165, 1.54) is 7.05 Å². The maximum absolute atomic E-state index is 13.6. The first kappa shape index (κ1) is 14.4. The second-order valence-corrected chi connectivity index (χ2v) is 4.18. The van der Waals surface area contributed by atoms with Crippen LogP contribution in [0.15, 0.2) is 18.3 Å². The molecule has 0 aliphatic carbocycles. The number of benzene rings is 1. The lowest BCUT2D eigenvalue weighted by atomic mass is 10.1. The van der Waals surface area contributed by atoms with Gasteiger partial charge in [-0.15, -0.1) is 0 Å². The molecule has 0 aliphatic rings. The molecule has 8 heteroatoms. The van der Waals surface area contributed by atoms with Gasteiger partial charge in [-0.3, -0.25) is 0 Å². The van der Waals surface area contributed by atoms with Gasteiger partial charge in [-0.25, -0.2) is 13.8 Å². The molecule has 1 aromatic heterocycles. The first-order valence-corrected chi connectivity index (χ1v) is 5.53. The van der Waals surface area contributed by atoms with E-state index in [0.29, 0.717) is 0 Å². The van der Waals surface area contributed by atoms with Crippen LogP contribution in [0.5, 0.6) is 0 Å². The molecule has 2 N–H and O–H groups in total. The van der Waals surface area contributed by atoms with E-state index in [2.05, 4.69) is 4.98 Å². The molecule has 0 saturated carbocycles. The summed E-state index contributed by atoms with van der Waals surface area (Å²) in [6.45, 7) is -0.341. The minimum absolute atomic E-state index is 0.0878. The normalized spacial score (nSPS) is 11.9. The van der Waals surface area contributed by atoms with Gasteiger partial charge in [0.25, 0.3) is 0 Å². The fourth-order valence-electron chi connectivity index (χ4n) is 1.80. The summed E-state index contributed by atoms with van der Waals surface area (Å²) in [4.78, 5) is 3.36. The average molecular weight is 291 g/mol. The van der Waals surface area contributed by atoms with Gasteiger partial charge in [0.2, 0.25) is 0 Å². The molecule has 0 spiro atoms. The van der Waals surface area contributed by atoms with Gasteiger partial charge in [0.15, 0.2) is 5.69 Å². The first-order valence-electron chi connectivity index (χ1n) is 5.53. The highest BCUT2D eigenvalue weighted by atomic mass is 19.4. The predicted octanol–water partition coefficient (Wildman–Crippen LogP) is 2.84. The Morgan fingerprint density at radius 2 is 1.75 bits per heavy atom. The van der Waals surface area contributed by atoms with Gasteiger partial charge in [0.1, 0.15) is 17.5 Å². The van der Waals surface area contributed by atoms with Gasteiger partial charge in [0, 0.05) is 30.9 Å². The molecule has 108 valence electrons. The molecule has 0 bridgehead atoms. The third kappa shape index (κ3) is 2.51. The zero-order chi connectivity index (χ0) is 15.1. The Labute approximate surface area is 110 Å². The van der Waals surface area contributed by atoms with Gasteiger partial charge in [-0.05, 0) is 12.1 Å². The van der Waals surface area contributed by atoms with Crippen molar-refractivity contribution >= 4 is 0 Å². The van der Waals surface area contributed by atoms with Crippen LogP contribution >= 0.6 is 0 Å². The average Bonchev–Trinajstić information content (AvgIpc) is 2.70. The molecule has 20 heavy (non-hydrogen) atoms. The van der Waals surface area contributed by atoms with Crippen LogP contribution in [0.4, 0.5) is 22.0 Å². The van der Waals surface area contributed by atoms with Crippen molar-refractivity contribution in [3.8, 4) is 11.4 Å². The first-order chi connectivity index (χ1) is 9.24. The lowest BCUT2D eigenvalue weighted by Gasteiger charge is -2.06. The van der Waals surface area contributed by atoms with Gasteiger partial charge in [-0.2, -0.15) is 13.2 Å². The summed E-state index contributed by atoms with van der Waals surface area (Å²) in [7, 11) is 1.31.